The summed E-state index contributed by atoms with van der Waals surface area (Å²) in [5.41, 5.74) is 1.05. The zero-order chi connectivity index (χ0) is 16.3. The molecule has 5 nitrogen and oxygen atoms in total. The van der Waals surface area contributed by atoms with Crippen LogP contribution in [0.2, 0.25) is 5.15 Å². The molecule has 0 saturated heterocycles. The number of benzene rings is 1. The van der Waals surface area contributed by atoms with Gasteiger partial charge in [0.05, 0.1) is 4.90 Å². The first-order chi connectivity index (χ1) is 10.4. The van der Waals surface area contributed by atoms with Gasteiger partial charge in [-0.2, -0.15) is 8.42 Å². The molecule has 22 heavy (non-hydrogen) atoms. The van der Waals surface area contributed by atoms with Crippen LogP contribution < -0.4 is 4.80 Å². The Morgan fingerprint density at radius 3 is 2.41 bits per heavy atom. The maximum absolute atomic E-state index is 12.4. The van der Waals surface area contributed by atoms with Gasteiger partial charge in [-0.1, -0.05) is 42.0 Å². The quantitative estimate of drug-likeness (QED) is 0.772. The van der Waals surface area contributed by atoms with Crippen molar-refractivity contribution in [3.8, 4) is 0 Å². The van der Waals surface area contributed by atoms with Gasteiger partial charge in [-0.25, -0.2) is 0 Å². The van der Waals surface area contributed by atoms with Crippen molar-refractivity contribution in [3.63, 3.8) is 0 Å². The lowest BCUT2D eigenvalue weighted by molar-refractivity contribution is 0.112. The number of carbonyl (C=O) groups is 1. The number of aldehydes is 1. The second kappa shape index (κ2) is 6.76. The van der Waals surface area contributed by atoms with Crippen LogP contribution in [0.15, 0.2) is 33.6 Å². The van der Waals surface area contributed by atoms with Crippen LogP contribution in [-0.4, -0.2) is 19.3 Å². The number of sulfonamides is 1. The molecule has 0 aliphatic carbocycles. The SMILES string of the molecule is CCc1ccc(S(=O)(=O)/N=c2/sc(C=O)c(Cl)n2CC)cc1. The Hall–Kier alpha value is -1.44. The highest BCUT2D eigenvalue weighted by Gasteiger charge is 2.16. The average Bonchev–Trinajstić information content (AvgIpc) is 2.81. The second-order valence-electron chi connectivity index (χ2n) is 4.47. The highest BCUT2D eigenvalue weighted by Crippen LogP contribution is 2.18. The molecule has 0 amide bonds. The monoisotopic (exact) mass is 358 g/mol. The number of hydrogen-bond donors (Lipinski definition) is 0. The molecule has 0 N–H and O–H groups in total. The first-order valence-corrected chi connectivity index (χ1v) is 9.30. The van der Waals surface area contributed by atoms with Gasteiger partial charge >= 0.3 is 0 Å². The zero-order valence-electron chi connectivity index (χ0n) is 12.1. The Balaban J connectivity index is 2.57. The Bertz CT molecular complexity index is 849. The van der Waals surface area contributed by atoms with E-state index in [0.717, 1.165) is 23.3 Å². The van der Waals surface area contributed by atoms with E-state index in [9.17, 15) is 13.2 Å². The fraction of sp³-hybridized carbons (Fsp3) is 0.286. The maximum Gasteiger partial charge on any atom is 0.285 e. The first-order valence-electron chi connectivity index (χ1n) is 6.67. The number of aryl methyl sites for hydroxylation is 1. The molecule has 0 bridgehead atoms. The molecule has 1 heterocycles. The van der Waals surface area contributed by atoms with E-state index >= 15 is 0 Å². The van der Waals surface area contributed by atoms with E-state index in [4.69, 9.17) is 11.6 Å². The lowest BCUT2D eigenvalue weighted by Gasteiger charge is -2.02. The van der Waals surface area contributed by atoms with Gasteiger partial charge in [0.1, 0.15) is 10.0 Å². The second-order valence-corrected chi connectivity index (χ2v) is 7.44. The van der Waals surface area contributed by atoms with Crippen molar-refractivity contribution >= 4 is 39.2 Å². The zero-order valence-corrected chi connectivity index (χ0v) is 14.5. The van der Waals surface area contributed by atoms with E-state index in [1.165, 1.54) is 16.7 Å². The van der Waals surface area contributed by atoms with E-state index in [1.807, 2.05) is 6.92 Å². The molecule has 0 unspecified atom stereocenters. The highest BCUT2D eigenvalue weighted by molar-refractivity contribution is 7.90. The van der Waals surface area contributed by atoms with Gasteiger partial charge in [0.2, 0.25) is 4.80 Å². The number of hydrogen-bond acceptors (Lipinski definition) is 4. The van der Waals surface area contributed by atoms with Crippen LogP contribution in [-0.2, 0) is 23.0 Å². The van der Waals surface area contributed by atoms with E-state index in [0.29, 0.717) is 12.8 Å². The fourth-order valence-corrected chi connectivity index (χ4v) is 4.39. The highest BCUT2D eigenvalue weighted by atomic mass is 35.5. The van der Waals surface area contributed by atoms with Gasteiger partial charge in [0.15, 0.2) is 6.29 Å². The lowest BCUT2D eigenvalue weighted by Crippen LogP contribution is -2.16. The van der Waals surface area contributed by atoms with E-state index in [1.54, 1.807) is 19.1 Å². The Kier molecular flexibility index (Phi) is 5.20. The van der Waals surface area contributed by atoms with Crippen molar-refractivity contribution < 1.29 is 13.2 Å². The van der Waals surface area contributed by atoms with Crippen molar-refractivity contribution in [2.45, 2.75) is 31.7 Å². The van der Waals surface area contributed by atoms with Crippen LogP contribution in [0.3, 0.4) is 0 Å². The van der Waals surface area contributed by atoms with Crippen molar-refractivity contribution in [2.24, 2.45) is 4.40 Å². The third-order valence-electron chi connectivity index (χ3n) is 3.12. The molecule has 0 aliphatic rings. The van der Waals surface area contributed by atoms with Gasteiger partial charge < -0.3 is 4.57 Å². The lowest BCUT2D eigenvalue weighted by atomic mass is 10.2. The van der Waals surface area contributed by atoms with Crippen LogP contribution in [0, 0.1) is 0 Å². The van der Waals surface area contributed by atoms with Crippen LogP contribution in [0.1, 0.15) is 29.1 Å². The molecule has 0 aliphatic heterocycles. The topological polar surface area (TPSA) is 68.5 Å². The molecular formula is C14H15ClN2O3S2. The van der Waals surface area contributed by atoms with Gasteiger partial charge in [-0.15, -0.1) is 4.40 Å². The molecule has 2 aromatic rings. The number of thiazole rings is 1. The Morgan fingerprint density at radius 1 is 1.27 bits per heavy atom. The van der Waals surface area contributed by atoms with Gasteiger partial charge in [-0.3, -0.25) is 4.79 Å². The molecule has 1 aromatic carbocycles. The summed E-state index contributed by atoms with van der Waals surface area (Å²) in [6.07, 6.45) is 1.43. The number of nitrogens with zero attached hydrogens (tertiary/aromatic N) is 2. The van der Waals surface area contributed by atoms with E-state index < -0.39 is 10.0 Å². The maximum atomic E-state index is 12.4. The first kappa shape index (κ1) is 16.9. The molecule has 0 spiro atoms. The molecule has 0 atom stereocenters. The minimum Gasteiger partial charge on any atom is -0.307 e. The Labute approximate surface area is 138 Å². The van der Waals surface area contributed by atoms with Crippen molar-refractivity contribution in [3.05, 3.63) is 44.7 Å². The van der Waals surface area contributed by atoms with Crippen LogP contribution >= 0.6 is 22.9 Å². The summed E-state index contributed by atoms with van der Waals surface area (Å²) >= 11 is 6.99. The molecule has 8 heteroatoms. The Morgan fingerprint density at radius 2 is 1.91 bits per heavy atom. The summed E-state index contributed by atoms with van der Waals surface area (Å²) < 4.78 is 30.1. The number of rotatable bonds is 5. The molecule has 118 valence electrons. The number of aromatic nitrogens is 1. The minimum atomic E-state index is -3.84. The van der Waals surface area contributed by atoms with Crippen molar-refractivity contribution in [1.29, 1.82) is 0 Å². The van der Waals surface area contributed by atoms with Crippen molar-refractivity contribution in [1.82, 2.24) is 4.57 Å². The molecular weight excluding hydrogens is 344 g/mol. The van der Waals surface area contributed by atoms with Crippen LogP contribution in [0.4, 0.5) is 0 Å². The summed E-state index contributed by atoms with van der Waals surface area (Å²) in [7, 11) is -3.84. The number of carbonyl (C=O) groups excluding carboxylic acids is 1. The van der Waals surface area contributed by atoms with Gasteiger partial charge in [0, 0.05) is 6.54 Å². The largest absolute Gasteiger partial charge is 0.307 e. The summed E-state index contributed by atoms with van der Waals surface area (Å²) in [5, 5.41) is 0.206. The fourth-order valence-electron chi connectivity index (χ4n) is 1.88. The predicted molar refractivity (Wildman–Crippen MR) is 86.9 cm³/mol. The normalized spacial score (nSPS) is 12.6. The van der Waals surface area contributed by atoms with Crippen LogP contribution in [0.5, 0.6) is 0 Å². The third-order valence-corrected chi connectivity index (χ3v) is 6.04. The molecule has 0 radical (unpaired) electrons. The standard InChI is InChI=1S/C14H15ClN2O3S2/c1-3-10-5-7-11(8-6-10)22(19,20)16-14-17(4-2)13(15)12(9-18)21-14/h5-9H,3-4H2,1-2H3/b16-14+. The summed E-state index contributed by atoms with van der Waals surface area (Å²) in [4.78, 5) is 11.5. The molecule has 1 aromatic heterocycles. The minimum absolute atomic E-state index is 0.115. The summed E-state index contributed by atoms with van der Waals surface area (Å²) in [6.45, 7) is 4.22. The molecule has 0 fully saturated rings. The predicted octanol–water partition coefficient (Wildman–Crippen LogP) is 2.89. The third kappa shape index (κ3) is 3.31. The number of halogens is 1. The van der Waals surface area contributed by atoms with Crippen molar-refractivity contribution in [2.75, 3.05) is 0 Å². The van der Waals surface area contributed by atoms with Gasteiger partial charge in [-0.05, 0) is 31.0 Å². The van der Waals surface area contributed by atoms with E-state index in [-0.39, 0.29) is 19.7 Å². The molecule has 2 rings (SSSR count). The average molecular weight is 359 g/mol. The van der Waals surface area contributed by atoms with Crippen LogP contribution in [0.25, 0.3) is 0 Å². The van der Waals surface area contributed by atoms with Gasteiger partial charge in [0.25, 0.3) is 10.0 Å². The summed E-state index contributed by atoms with van der Waals surface area (Å²) in [5.74, 6) is 0. The molecule has 0 saturated carbocycles. The summed E-state index contributed by atoms with van der Waals surface area (Å²) in [6, 6.07) is 6.58. The smallest absolute Gasteiger partial charge is 0.285 e. The van der Waals surface area contributed by atoms with E-state index in [2.05, 4.69) is 4.40 Å².